The van der Waals surface area contributed by atoms with Gasteiger partial charge < -0.3 is 15.2 Å². The van der Waals surface area contributed by atoms with Gasteiger partial charge >= 0.3 is 0 Å². The van der Waals surface area contributed by atoms with Crippen LogP contribution in [0.15, 0.2) is 24.5 Å². The van der Waals surface area contributed by atoms with Crippen LogP contribution in [0.4, 0.5) is 5.69 Å². The molecule has 0 saturated carbocycles. The first-order valence-corrected chi connectivity index (χ1v) is 6.49. The molecule has 2 N–H and O–H groups in total. The van der Waals surface area contributed by atoms with E-state index in [0.717, 1.165) is 5.56 Å². The van der Waals surface area contributed by atoms with Crippen molar-refractivity contribution in [1.82, 2.24) is 9.97 Å². The lowest BCUT2D eigenvalue weighted by Gasteiger charge is -2.13. The molecule has 2 aromatic rings. The van der Waals surface area contributed by atoms with E-state index in [2.05, 4.69) is 9.97 Å². The highest BCUT2D eigenvalue weighted by molar-refractivity contribution is 5.57. The zero-order valence-corrected chi connectivity index (χ0v) is 12.2. The van der Waals surface area contributed by atoms with E-state index < -0.39 is 0 Å². The smallest absolute Gasteiger partial charge is 0.249 e. The zero-order valence-electron chi connectivity index (χ0n) is 12.2. The summed E-state index contributed by atoms with van der Waals surface area (Å²) >= 11 is 0. The van der Waals surface area contributed by atoms with Crippen molar-refractivity contribution in [1.29, 1.82) is 0 Å². The molecule has 20 heavy (non-hydrogen) atoms. The normalized spacial score (nSPS) is 10.7. The van der Waals surface area contributed by atoms with Crippen LogP contribution in [-0.4, -0.2) is 16.1 Å². The van der Waals surface area contributed by atoms with Crippen molar-refractivity contribution in [2.75, 3.05) is 5.73 Å². The molecule has 1 aromatic heterocycles. The fourth-order valence-electron chi connectivity index (χ4n) is 1.65. The number of hydrogen-bond donors (Lipinski definition) is 1. The first-order chi connectivity index (χ1) is 9.47. The molecule has 0 bridgehead atoms. The second-order valence-corrected chi connectivity index (χ2v) is 4.91. The van der Waals surface area contributed by atoms with Crippen molar-refractivity contribution in [3.05, 3.63) is 35.7 Å². The standard InChI is InChI=1S/C15H19N3O2/c1-9(2)19-14-13(16)15(18-8-17-14)20-12-6-5-10(3)11(4)7-12/h5-9H,16H2,1-4H3. The largest absolute Gasteiger partial charge is 0.473 e. The fourth-order valence-corrected chi connectivity index (χ4v) is 1.65. The number of nitrogen functional groups attached to an aromatic ring is 1. The third-order valence-electron chi connectivity index (χ3n) is 2.85. The number of nitrogens with zero attached hydrogens (tertiary/aromatic N) is 2. The molecule has 5 nitrogen and oxygen atoms in total. The highest BCUT2D eigenvalue weighted by Crippen LogP contribution is 2.31. The number of rotatable bonds is 4. The molecule has 0 atom stereocenters. The van der Waals surface area contributed by atoms with Crippen LogP contribution in [-0.2, 0) is 0 Å². The Hall–Kier alpha value is -2.30. The molecule has 0 fully saturated rings. The Balaban J connectivity index is 2.27. The molecule has 0 radical (unpaired) electrons. The van der Waals surface area contributed by atoms with Gasteiger partial charge in [0, 0.05) is 0 Å². The molecular weight excluding hydrogens is 254 g/mol. The Morgan fingerprint density at radius 1 is 1.05 bits per heavy atom. The Labute approximate surface area is 118 Å². The maximum atomic E-state index is 5.97. The summed E-state index contributed by atoms with van der Waals surface area (Å²) < 4.78 is 11.2. The highest BCUT2D eigenvalue weighted by Gasteiger charge is 2.12. The second kappa shape index (κ2) is 5.77. The molecule has 0 unspecified atom stereocenters. The molecule has 0 amide bonds. The number of hydrogen-bond acceptors (Lipinski definition) is 5. The summed E-state index contributed by atoms with van der Waals surface area (Å²) in [5.74, 6) is 1.33. The number of aromatic nitrogens is 2. The van der Waals surface area contributed by atoms with E-state index in [0.29, 0.717) is 23.2 Å². The minimum absolute atomic E-state index is 0.0123. The lowest BCUT2D eigenvalue weighted by atomic mass is 10.1. The van der Waals surface area contributed by atoms with Gasteiger partial charge in [0.2, 0.25) is 11.8 Å². The van der Waals surface area contributed by atoms with E-state index >= 15 is 0 Å². The van der Waals surface area contributed by atoms with Gasteiger partial charge in [0.05, 0.1) is 6.10 Å². The number of ether oxygens (including phenoxy) is 2. The lowest BCUT2D eigenvalue weighted by Crippen LogP contribution is -2.10. The van der Waals surface area contributed by atoms with Gasteiger partial charge in [-0.1, -0.05) is 6.07 Å². The fraction of sp³-hybridized carbons (Fsp3) is 0.333. The Morgan fingerprint density at radius 2 is 1.75 bits per heavy atom. The Bertz CT molecular complexity index is 612. The van der Waals surface area contributed by atoms with Crippen molar-refractivity contribution in [3.63, 3.8) is 0 Å². The number of anilines is 1. The first kappa shape index (κ1) is 14.1. The monoisotopic (exact) mass is 273 g/mol. The van der Waals surface area contributed by atoms with Gasteiger partial charge in [-0.15, -0.1) is 0 Å². The summed E-state index contributed by atoms with van der Waals surface area (Å²) in [6.07, 6.45) is 1.37. The van der Waals surface area contributed by atoms with Gasteiger partial charge in [-0.2, -0.15) is 9.97 Å². The van der Waals surface area contributed by atoms with Crippen LogP contribution < -0.4 is 15.2 Å². The van der Waals surface area contributed by atoms with Gasteiger partial charge in [-0.25, -0.2) is 0 Å². The predicted octanol–water partition coefficient (Wildman–Crippen LogP) is 3.26. The predicted molar refractivity (Wildman–Crippen MR) is 78.2 cm³/mol. The first-order valence-electron chi connectivity index (χ1n) is 6.49. The molecule has 0 saturated heterocycles. The topological polar surface area (TPSA) is 70.3 Å². The molecule has 106 valence electrons. The molecule has 1 heterocycles. The maximum absolute atomic E-state index is 5.97. The molecule has 0 spiro atoms. The molecule has 2 rings (SSSR count). The Morgan fingerprint density at radius 3 is 2.40 bits per heavy atom. The molecule has 0 aliphatic rings. The number of nitrogens with two attached hydrogens (primary N) is 1. The molecule has 0 aliphatic heterocycles. The van der Waals surface area contributed by atoms with Crippen LogP contribution >= 0.6 is 0 Å². The summed E-state index contributed by atoms with van der Waals surface area (Å²) in [7, 11) is 0. The quantitative estimate of drug-likeness (QED) is 0.925. The third-order valence-corrected chi connectivity index (χ3v) is 2.85. The van der Waals surface area contributed by atoms with Crippen molar-refractivity contribution in [2.45, 2.75) is 33.8 Å². The van der Waals surface area contributed by atoms with Crippen LogP contribution in [0.5, 0.6) is 17.5 Å². The number of benzene rings is 1. The van der Waals surface area contributed by atoms with E-state index in [1.54, 1.807) is 0 Å². The van der Waals surface area contributed by atoms with Crippen molar-refractivity contribution < 1.29 is 9.47 Å². The summed E-state index contributed by atoms with van der Waals surface area (Å²) in [5.41, 5.74) is 8.63. The lowest BCUT2D eigenvalue weighted by molar-refractivity contribution is 0.233. The van der Waals surface area contributed by atoms with Crippen LogP contribution in [0, 0.1) is 13.8 Å². The average molecular weight is 273 g/mol. The summed E-state index contributed by atoms with van der Waals surface area (Å²) in [4.78, 5) is 8.07. The van der Waals surface area contributed by atoms with E-state index in [9.17, 15) is 0 Å². The number of aryl methyl sites for hydroxylation is 2. The van der Waals surface area contributed by atoms with Crippen molar-refractivity contribution >= 4 is 5.69 Å². The zero-order chi connectivity index (χ0) is 14.7. The van der Waals surface area contributed by atoms with Gasteiger partial charge in [-0.05, 0) is 51.0 Å². The van der Waals surface area contributed by atoms with E-state index in [-0.39, 0.29) is 6.10 Å². The van der Waals surface area contributed by atoms with Gasteiger partial charge in [-0.3, -0.25) is 0 Å². The highest BCUT2D eigenvalue weighted by atomic mass is 16.5. The summed E-state index contributed by atoms with van der Waals surface area (Å²) in [6, 6.07) is 5.82. The molecular formula is C15H19N3O2. The van der Waals surface area contributed by atoms with Crippen molar-refractivity contribution in [2.24, 2.45) is 0 Å². The minimum Gasteiger partial charge on any atom is -0.473 e. The van der Waals surface area contributed by atoms with Gasteiger partial charge in [0.15, 0.2) is 5.69 Å². The third kappa shape index (κ3) is 3.17. The summed E-state index contributed by atoms with van der Waals surface area (Å²) in [6.45, 7) is 7.89. The summed E-state index contributed by atoms with van der Waals surface area (Å²) in [5, 5.41) is 0. The van der Waals surface area contributed by atoms with Crippen LogP contribution in [0.25, 0.3) is 0 Å². The van der Waals surface area contributed by atoms with E-state index in [1.807, 2.05) is 45.9 Å². The SMILES string of the molecule is Cc1ccc(Oc2ncnc(OC(C)C)c2N)cc1C. The van der Waals surface area contributed by atoms with E-state index in [1.165, 1.54) is 11.9 Å². The van der Waals surface area contributed by atoms with Gasteiger partial charge in [0.1, 0.15) is 12.1 Å². The van der Waals surface area contributed by atoms with Gasteiger partial charge in [0.25, 0.3) is 0 Å². The molecule has 0 aliphatic carbocycles. The van der Waals surface area contributed by atoms with Crippen LogP contribution in [0.2, 0.25) is 0 Å². The molecule has 5 heteroatoms. The Kier molecular flexibility index (Phi) is 4.08. The molecule has 1 aromatic carbocycles. The minimum atomic E-state index is -0.0123. The average Bonchev–Trinajstić information content (AvgIpc) is 2.38. The second-order valence-electron chi connectivity index (χ2n) is 4.91. The van der Waals surface area contributed by atoms with Crippen LogP contribution in [0.1, 0.15) is 25.0 Å². The van der Waals surface area contributed by atoms with Crippen molar-refractivity contribution in [3.8, 4) is 17.5 Å². The maximum Gasteiger partial charge on any atom is 0.249 e. The van der Waals surface area contributed by atoms with E-state index in [4.69, 9.17) is 15.2 Å². The van der Waals surface area contributed by atoms with Crippen LogP contribution in [0.3, 0.4) is 0 Å².